The zero-order valence-corrected chi connectivity index (χ0v) is 16.5. The van der Waals surface area contributed by atoms with Crippen LogP contribution in [0.2, 0.25) is 0 Å². The van der Waals surface area contributed by atoms with Crippen LogP contribution in [0, 0.1) is 29.2 Å². The van der Waals surface area contributed by atoms with E-state index in [9.17, 15) is 22.4 Å². The fourth-order valence-electron chi connectivity index (χ4n) is 4.17. The van der Waals surface area contributed by atoms with Gasteiger partial charge in [-0.25, -0.2) is 22.5 Å². The molecule has 0 saturated heterocycles. The van der Waals surface area contributed by atoms with Gasteiger partial charge in [0, 0.05) is 29.1 Å². The van der Waals surface area contributed by atoms with Crippen LogP contribution in [0.3, 0.4) is 0 Å². The highest BCUT2D eigenvalue weighted by molar-refractivity contribution is 8.13. The lowest BCUT2D eigenvalue weighted by Crippen LogP contribution is -2.43. The fourth-order valence-corrected chi connectivity index (χ4v) is 5.22. The highest BCUT2D eigenvalue weighted by atomic mass is 32.2. The zero-order valence-electron chi connectivity index (χ0n) is 15.7. The standard InChI is InChI=1S/C20H18F4N4OS/c21-11-5-15(23)17(26-8-11)18(29)27-12-6-13(16(24)14(22)7-12)20-4-2-1-3-10(20)9-30-19(25)28-20/h5-8,10H,1-4,9H2,(H2,25,28)(H,27,29). The third kappa shape index (κ3) is 3.64. The maximum atomic E-state index is 14.9. The van der Waals surface area contributed by atoms with E-state index in [0.29, 0.717) is 29.6 Å². The number of amidine groups is 1. The Morgan fingerprint density at radius 3 is 2.73 bits per heavy atom. The van der Waals surface area contributed by atoms with E-state index in [1.165, 1.54) is 17.8 Å². The van der Waals surface area contributed by atoms with Crippen molar-refractivity contribution in [1.29, 1.82) is 0 Å². The molecule has 30 heavy (non-hydrogen) atoms. The number of carbonyl (C=O) groups is 1. The molecule has 1 saturated carbocycles. The molecular formula is C20H18F4N4OS. The molecule has 1 fully saturated rings. The molecule has 0 radical (unpaired) electrons. The summed E-state index contributed by atoms with van der Waals surface area (Å²) in [5.74, 6) is -4.72. The highest BCUT2D eigenvalue weighted by Crippen LogP contribution is 2.50. The molecule has 1 aromatic heterocycles. The number of nitrogens with two attached hydrogens (primary N) is 1. The molecular weight excluding hydrogens is 420 g/mol. The van der Waals surface area contributed by atoms with Crippen LogP contribution >= 0.6 is 11.8 Å². The molecule has 2 unspecified atom stereocenters. The van der Waals surface area contributed by atoms with E-state index in [4.69, 9.17) is 5.73 Å². The molecule has 5 nitrogen and oxygen atoms in total. The van der Waals surface area contributed by atoms with Crippen molar-refractivity contribution in [1.82, 2.24) is 4.98 Å². The van der Waals surface area contributed by atoms with Gasteiger partial charge in [0.05, 0.1) is 11.7 Å². The van der Waals surface area contributed by atoms with Gasteiger partial charge in [0.1, 0.15) is 5.82 Å². The first-order valence-electron chi connectivity index (χ1n) is 9.40. The summed E-state index contributed by atoms with van der Waals surface area (Å²) in [5, 5.41) is 2.62. The number of nitrogens with zero attached hydrogens (tertiary/aromatic N) is 2. The number of halogens is 4. The normalized spacial score (nSPS) is 23.5. The number of hydrogen-bond donors (Lipinski definition) is 2. The molecule has 158 valence electrons. The Morgan fingerprint density at radius 2 is 1.97 bits per heavy atom. The molecule has 0 spiro atoms. The molecule has 1 aliphatic heterocycles. The van der Waals surface area contributed by atoms with Crippen molar-refractivity contribution in [2.75, 3.05) is 11.1 Å². The van der Waals surface area contributed by atoms with Gasteiger partial charge in [-0.2, -0.15) is 0 Å². The Balaban J connectivity index is 1.74. The van der Waals surface area contributed by atoms with Crippen molar-refractivity contribution in [2.45, 2.75) is 31.2 Å². The van der Waals surface area contributed by atoms with E-state index in [1.807, 2.05) is 0 Å². The number of benzene rings is 1. The van der Waals surface area contributed by atoms with Gasteiger partial charge in [-0.15, -0.1) is 0 Å². The quantitative estimate of drug-likeness (QED) is 0.699. The number of aliphatic imine (C=N–C) groups is 1. The van der Waals surface area contributed by atoms with Crippen molar-refractivity contribution >= 4 is 28.5 Å². The van der Waals surface area contributed by atoms with Crippen LogP contribution in [-0.4, -0.2) is 21.8 Å². The van der Waals surface area contributed by atoms with Crippen LogP contribution in [0.25, 0.3) is 0 Å². The summed E-state index contributed by atoms with van der Waals surface area (Å²) in [6, 6.07) is 2.63. The monoisotopic (exact) mass is 438 g/mol. The van der Waals surface area contributed by atoms with Crippen molar-refractivity contribution in [3.63, 3.8) is 0 Å². The largest absolute Gasteiger partial charge is 0.379 e. The molecule has 2 atom stereocenters. The Hall–Kier alpha value is -2.62. The number of thioether (sulfide) groups is 1. The topological polar surface area (TPSA) is 80.4 Å². The van der Waals surface area contributed by atoms with E-state index in [-0.39, 0.29) is 17.2 Å². The van der Waals surface area contributed by atoms with Crippen molar-refractivity contribution in [2.24, 2.45) is 16.6 Å². The summed E-state index contributed by atoms with van der Waals surface area (Å²) in [5.41, 5.74) is 4.18. The Labute approximate surface area is 174 Å². The Morgan fingerprint density at radius 1 is 1.17 bits per heavy atom. The summed E-state index contributed by atoms with van der Waals surface area (Å²) >= 11 is 1.38. The maximum Gasteiger partial charge on any atom is 0.277 e. The number of fused-ring (bicyclic) bond motifs is 1. The predicted octanol–water partition coefficient (Wildman–Crippen LogP) is 4.34. The lowest BCUT2D eigenvalue weighted by molar-refractivity contribution is 0.101. The third-order valence-corrected chi connectivity index (χ3v) is 6.51. The van der Waals surface area contributed by atoms with E-state index in [1.54, 1.807) is 0 Å². The number of anilines is 1. The van der Waals surface area contributed by atoms with Crippen molar-refractivity contribution in [3.8, 4) is 0 Å². The van der Waals surface area contributed by atoms with Gasteiger partial charge in [0.2, 0.25) is 0 Å². The number of pyridine rings is 1. The van der Waals surface area contributed by atoms with Gasteiger partial charge in [-0.1, -0.05) is 24.6 Å². The number of rotatable bonds is 3. The van der Waals surface area contributed by atoms with Crippen molar-refractivity contribution < 1.29 is 22.4 Å². The van der Waals surface area contributed by atoms with E-state index < -0.39 is 40.4 Å². The lowest BCUT2D eigenvalue weighted by atomic mass is 9.69. The van der Waals surface area contributed by atoms with E-state index >= 15 is 0 Å². The van der Waals surface area contributed by atoms with Crippen LogP contribution in [0.1, 0.15) is 41.7 Å². The fraction of sp³-hybridized carbons (Fsp3) is 0.350. The SMILES string of the molecule is NC1=NC2(c3cc(NC(=O)c4ncc(F)cc4F)cc(F)c3F)CCCCC2CS1. The summed E-state index contributed by atoms with van der Waals surface area (Å²) < 4.78 is 56.3. The molecule has 0 bridgehead atoms. The minimum Gasteiger partial charge on any atom is -0.379 e. The molecule has 2 aromatic rings. The van der Waals surface area contributed by atoms with Gasteiger partial charge < -0.3 is 11.1 Å². The average molecular weight is 438 g/mol. The summed E-state index contributed by atoms with van der Waals surface area (Å²) in [6.45, 7) is 0. The summed E-state index contributed by atoms with van der Waals surface area (Å²) in [7, 11) is 0. The van der Waals surface area contributed by atoms with Crippen molar-refractivity contribution in [3.05, 3.63) is 58.9 Å². The molecule has 1 aromatic carbocycles. The molecule has 1 aliphatic carbocycles. The second kappa shape index (κ2) is 7.90. The Bertz CT molecular complexity index is 1050. The van der Waals surface area contributed by atoms with Gasteiger partial charge in [0.15, 0.2) is 28.3 Å². The summed E-state index contributed by atoms with van der Waals surface area (Å²) in [4.78, 5) is 20.3. The first-order chi connectivity index (χ1) is 14.3. The third-order valence-electron chi connectivity index (χ3n) is 5.55. The molecule has 3 N–H and O–H groups in total. The lowest BCUT2D eigenvalue weighted by Gasteiger charge is -2.44. The smallest absolute Gasteiger partial charge is 0.277 e. The van der Waals surface area contributed by atoms with Crippen LogP contribution < -0.4 is 11.1 Å². The number of amides is 1. The van der Waals surface area contributed by atoms with Gasteiger partial charge in [-0.05, 0) is 24.8 Å². The molecule has 4 rings (SSSR count). The van der Waals surface area contributed by atoms with Crippen LogP contribution in [0.4, 0.5) is 23.2 Å². The van der Waals surface area contributed by atoms with Gasteiger partial charge >= 0.3 is 0 Å². The minimum absolute atomic E-state index is 0.0123. The minimum atomic E-state index is -1.17. The van der Waals surface area contributed by atoms with Crippen LogP contribution in [0.5, 0.6) is 0 Å². The molecule has 1 amide bonds. The number of aromatic nitrogens is 1. The van der Waals surface area contributed by atoms with Gasteiger partial charge in [-0.3, -0.25) is 9.79 Å². The van der Waals surface area contributed by atoms with Gasteiger partial charge in [0.25, 0.3) is 5.91 Å². The molecule has 10 heteroatoms. The van der Waals surface area contributed by atoms with E-state index in [0.717, 1.165) is 25.3 Å². The molecule has 2 heterocycles. The van der Waals surface area contributed by atoms with Crippen LogP contribution in [-0.2, 0) is 5.54 Å². The highest BCUT2D eigenvalue weighted by Gasteiger charge is 2.46. The number of hydrogen-bond acceptors (Lipinski definition) is 5. The Kier molecular flexibility index (Phi) is 5.44. The molecule has 2 aliphatic rings. The number of nitrogens with one attached hydrogen (secondary N) is 1. The second-order valence-corrected chi connectivity index (χ2v) is 8.43. The van der Waals surface area contributed by atoms with Crippen LogP contribution in [0.15, 0.2) is 29.4 Å². The second-order valence-electron chi connectivity index (χ2n) is 7.39. The maximum absolute atomic E-state index is 14.9. The van der Waals surface area contributed by atoms with E-state index in [2.05, 4.69) is 15.3 Å². The predicted molar refractivity (Wildman–Crippen MR) is 106 cm³/mol. The first kappa shape index (κ1) is 20.6. The summed E-state index contributed by atoms with van der Waals surface area (Å²) in [6.07, 6.45) is 3.73. The zero-order chi connectivity index (χ0) is 21.5. The number of carbonyl (C=O) groups excluding carboxylic acids is 1. The average Bonchev–Trinajstić information content (AvgIpc) is 2.70. The first-order valence-corrected chi connectivity index (χ1v) is 10.4.